The summed E-state index contributed by atoms with van der Waals surface area (Å²) in [7, 11) is 0. The van der Waals surface area contributed by atoms with Gasteiger partial charge in [0.2, 0.25) is 0 Å². The highest BCUT2D eigenvalue weighted by atomic mass is 16.5. The Kier molecular flexibility index (Phi) is 3.42. The summed E-state index contributed by atoms with van der Waals surface area (Å²) < 4.78 is 5.67. The summed E-state index contributed by atoms with van der Waals surface area (Å²) in [5.41, 5.74) is 2.91. The highest BCUT2D eigenvalue weighted by Crippen LogP contribution is 2.19. The van der Waals surface area contributed by atoms with Gasteiger partial charge in [0.15, 0.2) is 0 Å². The Bertz CT molecular complexity index is 555. The fraction of sp³-hybridized carbons (Fsp3) is 0.133. The Balaban J connectivity index is 2.13. The summed E-state index contributed by atoms with van der Waals surface area (Å²) in [5, 5.41) is 8.94. The number of nitriles is 1. The number of hydrogen-bond acceptors (Lipinski definition) is 2. The van der Waals surface area contributed by atoms with Crippen LogP contribution >= 0.6 is 0 Å². The van der Waals surface area contributed by atoms with Crippen molar-refractivity contribution in [2.75, 3.05) is 0 Å². The first-order valence-electron chi connectivity index (χ1n) is 5.47. The van der Waals surface area contributed by atoms with Gasteiger partial charge in [0, 0.05) is 0 Å². The van der Waals surface area contributed by atoms with Crippen LogP contribution in [0.4, 0.5) is 0 Å². The number of aryl methyl sites for hydroxylation is 1. The fourth-order valence-corrected chi connectivity index (χ4v) is 1.61. The second kappa shape index (κ2) is 5.18. The molecule has 2 aromatic carbocycles. The van der Waals surface area contributed by atoms with Crippen LogP contribution in [0.3, 0.4) is 0 Å². The second-order valence-corrected chi connectivity index (χ2v) is 3.82. The number of ether oxygens (including phenoxy) is 1. The molecule has 0 fully saturated rings. The van der Waals surface area contributed by atoms with Crippen molar-refractivity contribution in [3.8, 4) is 11.8 Å². The van der Waals surface area contributed by atoms with E-state index in [1.807, 2.05) is 36.4 Å². The van der Waals surface area contributed by atoms with Crippen LogP contribution in [0.1, 0.15) is 16.7 Å². The molecule has 2 rings (SSSR count). The Morgan fingerprint density at radius 1 is 1.06 bits per heavy atom. The number of benzene rings is 2. The summed E-state index contributed by atoms with van der Waals surface area (Å²) in [6, 6.07) is 17.5. The third kappa shape index (κ3) is 2.64. The van der Waals surface area contributed by atoms with Gasteiger partial charge in [-0.25, -0.2) is 0 Å². The minimum atomic E-state index is 0.491. The molecule has 0 saturated carbocycles. The number of hydrogen-bond donors (Lipinski definition) is 0. The Morgan fingerprint density at radius 3 is 2.53 bits per heavy atom. The maximum absolute atomic E-state index is 8.94. The summed E-state index contributed by atoms with van der Waals surface area (Å²) in [6.07, 6.45) is 0. The van der Waals surface area contributed by atoms with Crippen LogP contribution in [0.5, 0.6) is 5.75 Å². The van der Waals surface area contributed by atoms with Gasteiger partial charge in [0.1, 0.15) is 18.4 Å². The molecule has 0 atom stereocenters. The summed E-state index contributed by atoms with van der Waals surface area (Å²) in [6.45, 7) is 2.54. The summed E-state index contributed by atoms with van der Waals surface area (Å²) >= 11 is 0. The van der Waals surface area contributed by atoms with Crippen molar-refractivity contribution in [3.05, 3.63) is 65.2 Å². The van der Waals surface area contributed by atoms with Crippen LogP contribution in [0, 0.1) is 18.3 Å². The van der Waals surface area contributed by atoms with Gasteiger partial charge in [-0.05, 0) is 30.2 Å². The first-order valence-corrected chi connectivity index (χ1v) is 5.47. The van der Waals surface area contributed by atoms with Gasteiger partial charge in [-0.1, -0.05) is 36.4 Å². The van der Waals surface area contributed by atoms with Crippen molar-refractivity contribution in [2.24, 2.45) is 0 Å². The average molecular weight is 223 g/mol. The molecule has 0 radical (unpaired) electrons. The third-order valence-electron chi connectivity index (χ3n) is 2.65. The topological polar surface area (TPSA) is 33.0 Å². The Labute approximate surface area is 101 Å². The van der Waals surface area contributed by atoms with Crippen molar-refractivity contribution >= 4 is 0 Å². The van der Waals surface area contributed by atoms with Crippen LogP contribution in [0.15, 0.2) is 48.5 Å². The Morgan fingerprint density at radius 2 is 1.76 bits per heavy atom. The van der Waals surface area contributed by atoms with E-state index in [0.717, 1.165) is 5.56 Å². The molecular weight excluding hydrogens is 210 g/mol. The molecule has 0 spiro atoms. The predicted molar refractivity (Wildman–Crippen MR) is 66.7 cm³/mol. The lowest BCUT2D eigenvalue weighted by Crippen LogP contribution is -1.98. The smallest absolute Gasteiger partial charge is 0.137 e. The van der Waals surface area contributed by atoms with E-state index in [1.54, 1.807) is 6.07 Å². The molecule has 0 saturated heterocycles. The highest BCUT2D eigenvalue weighted by molar-refractivity contribution is 5.42. The molecule has 2 aromatic rings. The minimum Gasteiger partial charge on any atom is -0.488 e. The average Bonchev–Trinajstić information content (AvgIpc) is 2.38. The van der Waals surface area contributed by atoms with Crippen molar-refractivity contribution < 1.29 is 4.74 Å². The zero-order valence-corrected chi connectivity index (χ0v) is 9.68. The molecule has 0 heterocycles. The number of para-hydroxylation sites is 1. The van der Waals surface area contributed by atoms with E-state index in [1.165, 1.54) is 5.56 Å². The normalized spacial score (nSPS) is 9.65. The zero-order chi connectivity index (χ0) is 12.1. The van der Waals surface area contributed by atoms with Crippen molar-refractivity contribution in [1.82, 2.24) is 0 Å². The first kappa shape index (κ1) is 11.2. The van der Waals surface area contributed by atoms with Gasteiger partial charge >= 0.3 is 0 Å². The van der Waals surface area contributed by atoms with Crippen LogP contribution in [0.25, 0.3) is 0 Å². The SMILES string of the molecule is Cc1ccccc1COc1ccccc1C#N. The highest BCUT2D eigenvalue weighted by Gasteiger charge is 2.03. The van der Waals surface area contributed by atoms with Gasteiger partial charge < -0.3 is 4.74 Å². The molecule has 0 aliphatic carbocycles. The molecular formula is C15H13NO. The van der Waals surface area contributed by atoms with Gasteiger partial charge in [-0.15, -0.1) is 0 Å². The molecule has 0 aromatic heterocycles. The second-order valence-electron chi connectivity index (χ2n) is 3.82. The lowest BCUT2D eigenvalue weighted by atomic mass is 10.1. The monoisotopic (exact) mass is 223 g/mol. The maximum Gasteiger partial charge on any atom is 0.137 e. The van der Waals surface area contributed by atoms with Crippen LogP contribution < -0.4 is 4.74 Å². The van der Waals surface area contributed by atoms with Gasteiger partial charge in [-0.3, -0.25) is 0 Å². The van der Waals surface area contributed by atoms with Crippen molar-refractivity contribution in [3.63, 3.8) is 0 Å². The largest absolute Gasteiger partial charge is 0.488 e. The van der Waals surface area contributed by atoms with E-state index < -0.39 is 0 Å². The molecule has 84 valence electrons. The van der Waals surface area contributed by atoms with E-state index in [4.69, 9.17) is 10.00 Å². The number of nitrogens with zero attached hydrogens (tertiary/aromatic N) is 1. The van der Waals surface area contributed by atoms with E-state index in [2.05, 4.69) is 19.1 Å². The van der Waals surface area contributed by atoms with E-state index in [-0.39, 0.29) is 0 Å². The molecule has 0 aliphatic heterocycles. The zero-order valence-electron chi connectivity index (χ0n) is 9.68. The molecule has 0 unspecified atom stereocenters. The Hall–Kier alpha value is -2.27. The van der Waals surface area contributed by atoms with E-state index in [9.17, 15) is 0 Å². The van der Waals surface area contributed by atoms with Crippen LogP contribution in [-0.2, 0) is 6.61 Å². The molecule has 0 N–H and O–H groups in total. The van der Waals surface area contributed by atoms with Gasteiger partial charge in [0.25, 0.3) is 0 Å². The van der Waals surface area contributed by atoms with E-state index >= 15 is 0 Å². The van der Waals surface area contributed by atoms with Crippen LogP contribution in [-0.4, -0.2) is 0 Å². The fourth-order valence-electron chi connectivity index (χ4n) is 1.61. The molecule has 0 amide bonds. The summed E-state index contributed by atoms with van der Waals surface area (Å²) in [5.74, 6) is 0.637. The lowest BCUT2D eigenvalue weighted by molar-refractivity contribution is 0.304. The standard InChI is InChI=1S/C15H13NO/c1-12-6-2-3-8-14(12)11-17-15-9-5-4-7-13(15)10-16/h2-9H,11H2,1H3. The minimum absolute atomic E-state index is 0.491. The molecule has 2 heteroatoms. The molecule has 0 aliphatic rings. The first-order chi connectivity index (χ1) is 8.31. The quantitative estimate of drug-likeness (QED) is 0.798. The third-order valence-corrected chi connectivity index (χ3v) is 2.65. The number of rotatable bonds is 3. The van der Waals surface area contributed by atoms with Gasteiger partial charge in [-0.2, -0.15) is 5.26 Å². The molecule has 0 bridgehead atoms. The summed E-state index contributed by atoms with van der Waals surface area (Å²) in [4.78, 5) is 0. The van der Waals surface area contributed by atoms with Crippen molar-refractivity contribution in [2.45, 2.75) is 13.5 Å². The molecule has 2 nitrogen and oxygen atoms in total. The van der Waals surface area contributed by atoms with Gasteiger partial charge in [0.05, 0.1) is 5.56 Å². The maximum atomic E-state index is 8.94. The van der Waals surface area contributed by atoms with Crippen molar-refractivity contribution in [1.29, 1.82) is 5.26 Å². The molecule has 17 heavy (non-hydrogen) atoms. The predicted octanol–water partition coefficient (Wildman–Crippen LogP) is 3.45. The lowest BCUT2D eigenvalue weighted by Gasteiger charge is -2.09. The van der Waals surface area contributed by atoms with E-state index in [0.29, 0.717) is 17.9 Å². The van der Waals surface area contributed by atoms with Crippen LogP contribution in [0.2, 0.25) is 0 Å².